The van der Waals surface area contributed by atoms with Gasteiger partial charge in [0.05, 0.1) is 0 Å². The molecule has 0 nitrogen and oxygen atoms in total. The summed E-state index contributed by atoms with van der Waals surface area (Å²) in [6.07, 6.45) is 37.4. The van der Waals surface area contributed by atoms with Crippen LogP contribution < -0.4 is 0 Å². The van der Waals surface area contributed by atoms with E-state index in [-0.39, 0.29) is 0 Å². The maximum Gasteiger partial charge on any atom is -0.0297 e. The van der Waals surface area contributed by atoms with Gasteiger partial charge in [-0.3, -0.25) is 0 Å². The molecule has 0 aromatic carbocycles. The molecule has 168 valence electrons. The second-order valence-corrected chi connectivity index (χ2v) is 10.2. The minimum Gasteiger partial charge on any atom is -0.0654 e. The van der Waals surface area contributed by atoms with E-state index < -0.39 is 0 Å². The van der Waals surface area contributed by atoms with Gasteiger partial charge in [0.2, 0.25) is 0 Å². The maximum absolute atomic E-state index is 2.32. The van der Waals surface area contributed by atoms with Crippen LogP contribution in [0.3, 0.4) is 0 Å². The first-order valence-corrected chi connectivity index (χ1v) is 13.8. The summed E-state index contributed by atoms with van der Waals surface area (Å²) in [6.45, 7) is 4.63. The fourth-order valence-corrected chi connectivity index (χ4v) is 5.55. The van der Waals surface area contributed by atoms with Crippen LogP contribution in [0.4, 0.5) is 0 Å². The van der Waals surface area contributed by atoms with E-state index in [4.69, 9.17) is 0 Å². The average Bonchev–Trinajstić information content (AvgIpc) is 2.72. The highest BCUT2D eigenvalue weighted by atomic mass is 14.4. The van der Waals surface area contributed by atoms with Gasteiger partial charge in [-0.1, -0.05) is 149 Å². The van der Waals surface area contributed by atoms with Crippen LogP contribution in [-0.4, -0.2) is 0 Å². The summed E-state index contributed by atoms with van der Waals surface area (Å²) < 4.78 is 0. The zero-order chi connectivity index (χ0) is 20.2. The third kappa shape index (κ3) is 14.1. The van der Waals surface area contributed by atoms with Crippen LogP contribution in [0.15, 0.2) is 0 Å². The lowest BCUT2D eigenvalue weighted by Crippen LogP contribution is -2.24. The van der Waals surface area contributed by atoms with E-state index in [1.807, 2.05) is 0 Å². The van der Waals surface area contributed by atoms with E-state index in [1.165, 1.54) is 135 Å². The molecule has 0 radical (unpaired) electrons. The first-order chi connectivity index (χ1) is 13.8. The zero-order valence-electron chi connectivity index (χ0n) is 20.2. The van der Waals surface area contributed by atoms with Crippen molar-refractivity contribution in [1.82, 2.24) is 0 Å². The van der Waals surface area contributed by atoms with E-state index >= 15 is 0 Å². The molecule has 0 spiro atoms. The Morgan fingerprint density at radius 2 is 0.714 bits per heavy atom. The molecular formula is C28H56. The van der Waals surface area contributed by atoms with Gasteiger partial charge in [-0.05, 0) is 31.1 Å². The molecule has 0 saturated heterocycles. The SMILES string of the molecule is CCCCCCCCCCCCCC1(CCCCCCCCC)CCCCC1. The number of rotatable bonds is 20. The van der Waals surface area contributed by atoms with E-state index in [0.717, 1.165) is 5.41 Å². The van der Waals surface area contributed by atoms with Gasteiger partial charge >= 0.3 is 0 Å². The quantitative estimate of drug-likeness (QED) is 0.181. The smallest absolute Gasteiger partial charge is 0.0297 e. The topological polar surface area (TPSA) is 0 Å². The molecule has 1 saturated carbocycles. The summed E-state index contributed by atoms with van der Waals surface area (Å²) >= 11 is 0. The molecule has 0 aliphatic heterocycles. The Morgan fingerprint density at radius 1 is 0.393 bits per heavy atom. The minimum absolute atomic E-state index is 0.765. The highest BCUT2D eigenvalue weighted by molar-refractivity contribution is 4.82. The van der Waals surface area contributed by atoms with Crippen molar-refractivity contribution in [3.63, 3.8) is 0 Å². The minimum atomic E-state index is 0.765. The molecule has 1 rings (SSSR count). The molecule has 0 amide bonds. The van der Waals surface area contributed by atoms with Crippen molar-refractivity contribution in [3.05, 3.63) is 0 Å². The van der Waals surface area contributed by atoms with Gasteiger partial charge < -0.3 is 0 Å². The summed E-state index contributed by atoms with van der Waals surface area (Å²) in [7, 11) is 0. The Bertz CT molecular complexity index is 299. The van der Waals surface area contributed by atoms with Crippen LogP contribution in [-0.2, 0) is 0 Å². The van der Waals surface area contributed by atoms with Crippen molar-refractivity contribution < 1.29 is 0 Å². The Morgan fingerprint density at radius 3 is 1.07 bits per heavy atom. The molecule has 0 unspecified atom stereocenters. The van der Waals surface area contributed by atoms with Gasteiger partial charge in [-0.15, -0.1) is 0 Å². The molecule has 0 aromatic rings. The monoisotopic (exact) mass is 392 g/mol. The van der Waals surface area contributed by atoms with E-state index in [9.17, 15) is 0 Å². The Balaban J connectivity index is 2.03. The van der Waals surface area contributed by atoms with Crippen molar-refractivity contribution >= 4 is 0 Å². The molecule has 0 bridgehead atoms. The number of hydrogen-bond donors (Lipinski definition) is 0. The molecule has 1 fully saturated rings. The highest BCUT2D eigenvalue weighted by Crippen LogP contribution is 2.44. The highest BCUT2D eigenvalue weighted by Gasteiger charge is 2.30. The standard InChI is InChI=1S/C28H56/c1-3-5-7-9-11-12-13-14-16-18-21-25-28(26-22-19-23-27-28)24-20-17-15-10-8-6-4-2/h3-27H2,1-2H3. The van der Waals surface area contributed by atoms with E-state index in [1.54, 1.807) is 25.7 Å². The van der Waals surface area contributed by atoms with Gasteiger partial charge in [-0.25, -0.2) is 0 Å². The largest absolute Gasteiger partial charge is 0.0654 e. The van der Waals surface area contributed by atoms with Crippen LogP contribution in [0.2, 0.25) is 0 Å². The maximum atomic E-state index is 2.32. The Kier molecular flexibility index (Phi) is 17.7. The summed E-state index contributed by atoms with van der Waals surface area (Å²) in [6, 6.07) is 0. The summed E-state index contributed by atoms with van der Waals surface area (Å²) in [5.41, 5.74) is 0.765. The van der Waals surface area contributed by atoms with Crippen LogP contribution in [0.25, 0.3) is 0 Å². The molecule has 0 heteroatoms. The first-order valence-electron chi connectivity index (χ1n) is 13.8. The normalized spacial score (nSPS) is 16.5. The van der Waals surface area contributed by atoms with Crippen molar-refractivity contribution in [2.24, 2.45) is 5.41 Å². The van der Waals surface area contributed by atoms with Gasteiger partial charge in [-0.2, -0.15) is 0 Å². The van der Waals surface area contributed by atoms with Crippen molar-refractivity contribution in [2.75, 3.05) is 0 Å². The Labute approximate surface area is 180 Å². The summed E-state index contributed by atoms with van der Waals surface area (Å²) in [5.74, 6) is 0. The van der Waals surface area contributed by atoms with Crippen molar-refractivity contribution in [2.45, 2.75) is 174 Å². The molecule has 0 aromatic heterocycles. The third-order valence-electron chi connectivity index (χ3n) is 7.54. The fourth-order valence-electron chi connectivity index (χ4n) is 5.55. The average molecular weight is 393 g/mol. The van der Waals surface area contributed by atoms with Crippen molar-refractivity contribution in [3.8, 4) is 0 Å². The van der Waals surface area contributed by atoms with Crippen LogP contribution >= 0.6 is 0 Å². The van der Waals surface area contributed by atoms with Gasteiger partial charge in [0.1, 0.15) is 0 Å². The zero-order valence-corrected chi connectivity index (χ0v) is 20.2. The lowest BCUT2D eigenvalue weighted by atomic mass is 9.68. The molecule has 0 heterocycles. The lowest BCUT2D eigenvalue weighted by Gasteiger charge is -2.38. The molecule has 1 aliphatic rings. The van der Waals surface area contributed by atoms with E-state index in [0.29, 0.717) is 0 Å². The molecule has 1 aliphatic carbocycles. The predicted molar refractivity (Wildman–Crippen MR) is 129 cm³/mol. The van der Waals surface area contributed by atoms with E-state index in [2.05, 4.69) is 13.8 Å². The predicted octanol–water partition coefficient (Wildman–Crippen LogP) is 10.8. The number of hydrogen-bond acceptors (Lipinski definition) is 0. The first kappa shape index (κ1) is 26.0. The fraction of sp³-hybridized carbons (Fsp3) is 1.00. The van der Waals surface area contributed by atoms with Gasteiger partial charge in [0.25, 0.3) is 0 Å². The number of unbranched alkanes of at least 4 members (excludes halogenated alkanes) is 16. The molecule has 0 N–H and O–H groups in total. The third-order valence-corrected chi connectivity index (χ3v) is 7.54. The summed E-state index contributed by atoms with van der Waals surface area (Å²) in [5, 5.41) is 0. The Hall–Kier alpha value is 0. The van der Waals surface area contributed by atoms with Crippen LogP contribution in [0.1, 0.15) is 174 Å². The lowest BCUT2D eigenvalue weighted by molar-refractivity contribution is 0.146. The second-order valence-electron chi connectivity index (χ2n) is 10.2. The van der Waals surface area contributed by atoms with Crippen LogP contribution in [0.5, 0.6) is 0 Å². The van der Waals surface area contributed by atoms with Crippen LogP contribution in [0, 0.1) is 5.41 Å². The van der Waals surface area contributed by atoms with Gasteiger partial charge in [0.15, 0.2) is 0 Å². The van der Waals surface area contributed by atoms with Gasteiger partial charge in [0, 0.05) is 0 Å². The molecular weight excluding hydrogens is 336 g/mol. The van der Waals surface area contributed by atoms with Crippen molar-refractivity contribution in [1.29, 1.82) is 0 Å². The summed E-state index contributed by atoms with van der Waals surface area (Å²) in [4.78, 5) is 0. The molecule has 0 atom stereocenters. The molecule has 28 heavy (non-hydrogen) atoms. The second kappa shape index (κ2) is 19.0.